The average molecular weight is 552 g/mol. The van der Waals surface area contributed by atoms with Crippen molar-refractivity contribution in [1.29, 1.82) is 0 Å². The summed E-state index contributed by atoms with van der Waals surface area (Å²) < 4.78 is 0. The molecule has 0 aliphatic heterocycles. The predicted octanol–water partition coefficient (Wildman–Crippen LogP) is 0.0776. The van der Waals surface area contributed by atoms with Gasteiger partial charge in [-0.1, -0.05) is 32.6 Å². The number of phenols is 1. The fourth-order valence-corrected chi connectivity index (χ4v) is 6.65. The van der Waals surface area contributed by atoms with Crippen molar-refractivity contribution in [3.63, 3.8) is 0 Å². The summed E-state index contributed by atoms with van der Waals surface area (Å²) in [5.74, 6) is -4.36. The van der Waals surface area contributed by atoms with Gasteiger partial charge in [0.05, 0.1) is 24.1 Å². The molecular formula is C30H37N3O7. The van der Waals surface area contributed by atoms with E-state index < -0.39 is 69.8 Å². The predicted molar refractivity (Wildman–Crippen MR) is 145 cm³/mol. The zero-order valence-corrected chi connectivity index (χ0v) is 24.0. The third-order valence-electron chi connectivity index (χ3n) is 8.49. The van der Waals surface area contributed by atoms with Gasteiger partial charge in [-0.3, -0.25) is 33.8 Å². The topological polar surface area (TPSA) is 158 Å². The summed E-state index contributed by atoms with van der Waals surface area (Å²) in [6.45, 7) is 6.10. The zero-order valence-electron chi connectivity index (χ0n) is 24.0. The highest BCUT2D eigenvalue weighted by atomic mass is 16.3. The monoisotopic (exact) mass is 551 g/mol. The van der Waals surface area contributed by atoms with E-state index in [9.17, 15) is 34.2 Å². The summed E-state index contributed by atoms with van der Waals surface area (Å²) in [6.07, 6.45) is 0.173. The molecule has 4 N–H and O–H groups in total. The Labute approximate surface area is 233 Å². The number of hydrogen-bond donors (Lipinski definition) is 3. The molecule has 1 amide bonds. The molecule has 40 heavy (non-hydrogen) atoms. The van der Waals surface area contributed by atoms with Crippen LogP contribution in [0, 0.1) is 35.5 Å². The van der Waals surface area contributed by atoms with E-state index in [2.05, 4.69) is 11.8 Å². The number of hydrogen-bond acceptors (Lipinski definition) is 9. The van der Waals surface area contributed by atoms with E-state index in [4.69, 9.17) is 5.73 Å². The average Bonchev–Trinajstić information content (AvgIpc) is 2.81. The molecule has 3 aliphatic rings. The van der Waals surface area contributed by atoms with E-state index in [1.807, 2.05) is 39.8 Å². The molecule has 2 unspecified atom stereocenters. The van der Waals surface area contributed by atoms with Crippen LogP contribution in [0.5, 0.6) is 5.75 Å². The quantitative estimate of drug-likeness (QED) is 0.349. The van der Waals surface area contributed by atoms with Crippen LogP contribution in [0.15, 0.2) is 6.07 Å². The van der Waals surface area contributed by atoms with Gasteiger partial charge in [0.2, 0.25) is 5.91 Å². The Morgan fingerprint density at radius 3 is 2.27 bits per heavy atom. The van der Waals surface area contributed by atoms with Crippen molar-refractivity contribution in [2.75, 3.05) is 34.7 Å². The number of carbonyl (C=O) groups excluding carboxylic acids is 5. The molecule has 0 aromatic heterocycles. The van der Waals surface area contributed by atoms with E-state index in [1.165, 1.54) is 4.90 Å². The minimum absolute atomic E-state index is 0.00372. The number of primary amides is 1. The molecule has 6 atom stereocenters. The maximum absolute atomic E-state index is 14.1. The van der Waals surface area contributed by atoms with Crippen molar-refractivity contribution in [2.24, 2.45) is 29.4 Å². The standard InChI is InChI=1S/C30H37N3O7/c1-29(2,3)18-12-14(9-8-10-32(4)5)16-11-15-13-17-22(33(6)7)25(36)21(28(31)39)27(38)30(17,40)26(37)19(15)24(35)20(16)23(18)34/h12,15,17,19,21-22,34,40H,10-11,13H2,1-7H3,(H2,31,39)/t15-,17-,19?,21?,22-,30-/m1/s1. The van der Waals surface area contributed by atoms with Crippen molar-refractivity contribution in [3.05, 3.63) is 28.3 Å². The van der Waals surface area contributed by atoms with Crippen molar-refractivity contribution >= 4 is 29.0 Å². The van der Waals surface area contributed by atoms with E-state index in [1.54, 1.807) is 20.2 Å². The number of aromatic hydroxyl groups is 1. The molecule has 2 fully saturated rings. The van der Waals surface area contributed by atoms with E-state index in [0.29, 0.717) is 23.2 Å². The van der Waals surface area contributed by atoms with E-state index >= 15 is 0 Å². The largest absolute Gasteiger partial charge is 0.507 e. The molecule has 0 saturated heterocycles. The Morgan fingerprint density at radius 2 is 1.75 bits per heavy atom. The number of nitrogens with zero attached hydrogens (tertiary/aromatic N) is 2. The second-order valence-electron chi connectivity index (χ2n) is 12.8. The molecule has 10 heteroatoms. The van der Waals surface area contributed by atoms with Crippen LogP contribution >= 0.6 is 0 Å². The van der Waals surface area contributed by atoms with Gasteiger partial charge in [0.1, 0.15) is 5.75 Å². The highest BCUT2D eigenvalue weighted by Gasteiger charge is 2.69. The first-order valence-corrected chi connectivity index (χ1v) is 13.3. The van der Waals surface area contributed by atoms with Crippen LogP contribution in [-0.2, 0) is 31.0 Å². The number of Topliss-reactive ketones (excluding diaryl/α,β-unsaturated/α-hetero) is 4. The molecule has 1 aromatic carbocycles. The summed E-state index contributed by atoms with van der Waals surface area (Å²) in [5, 5.41) is 23.1. The third-order valence-corrected chi connectivity index (χ3v) is 8.49. The van der Waals surface area contributed by atoms with Crippen LogP contribution < -0.4 is 5.73 Å². The van der Waals surface area contributed by atoms with Gasteiger partial charge >= 0.3 is 0 Å². The van der Waals surface area contributed by atoms with Crippen LogP contribution in [0.2, 0.25) is 0 Å². The van der Waals surface area contributed by atoms with Crippen LogP contribution in [0.4, 0.5) is 0 Å². The van der Waals surface area contributed by atoms with Gasteiger partial charge in [0.15, 0.2) is 34.7 Å². The molecule has 4 rings (SSSR count). The fourth-order valence-electron chi connectivity index (χ4n) is 6.65. The van der Waals surface area contributed by atoms with Gasteiger partial charge in [-0.2, -0.15) is 0 Å². The first kappa shape index (κ1) is 29.6. The molecule has 10 nitrogen and oxygen atoms in total. The molecule has 0 radical (unpaired) electrons. The first-order valence-electron chi connectivity index (χ1n) is 13.3. The number of phenolic OH excluding ortho intramolecular Hbond substituents is 1. The van der Waals surface area contributed by atoms with Crippen LogP contribution in [0.25, 0.3) is 0 Å². The van der Waals surface area contributed by atoms with Gasteiger partial charge in [-0.05, 0) is 64.0 Å². The Kier molecular flexibility index (Phi) is 7.33. The summed E-state index contributed by atoms with van der Waals surface area (Å²) in [6, 6.07) is 0.636. The minimum atomic E-state index is -2.75. The number of likely N-dealkylation sites (N-methyl/N-ethyl adjacent to an activating group) is 1. The Morgan fingerprint density at radius 1 is 1.12 bits per heavy atom. The Hall–Kier alpha value is -3.39. The summed E-state index contributed by atoms with van der Waals surface area (Å²) in [5.41, 5.74) is 3.57. The number of benzene rings is 1. The van der Waals surface area contributed by atoms with Crippen LogP contribution in [0.3, 0.4) is 0 Å². The lowest BCUT2D eigenvalue weighted by Crippen LogP contribution is -2.74. The van der Waals surface area contributed by atoms with Crippen molar-refractivity contribution in [2.45, 2.75) is 50.7 Å². The maximum atomic E-state index is 14.1. The Balaban J connectivity index is 1.92. The van der Waals surface area contributed by atoms with Gasteiger partial charge in [-0.25, -0.2) is 0 Å². The number of aliphatic hydroxyl groups is 1. The minimum Gasteiger partial charge on any atom is -0.507 e. The number of fused-ring (bicyclic) bond motifs is 3. The SMILES string of the molecule is CN(C)CC#Cc1cc(C(C)(C)C)c(O)c2c1C[C@@H]1C[C@@H]3[C@@H](N(C)C)C(=O)C(C(N)=O)C(=O)[C@]3(O)C(=O)C1C2=O. The number of amides is 1. The molecule has 214 valence electrons. The van der Waals surface area contributed by atoms with Gasteiger partial charge in [0, 0.05) is 17.0 Å². The zero-order chi connectivity index (χ0) is 30.1. The Bertz CT molecular complexity index is 1390. The maximum Gasteiger partial charge on any atom is 0.235 e. The van der Waals surface area contributed by atoms with Crippen LogP contribution in [0.1, 0.15) is 54.2 Å². The highest BCUT2D eigenvalue weighted by molar-refractivity contribution is 6.32. The second kappa shape index (κ2) is 9.91. The molecule has 0 heterocycles. The smallest absolute Gasteiger partial charge is 0.235 e. The van der Waals surface area contributed by atoms with Crippen molar-refractivity contribution < 1.29 is 34.2 Å². The van der Waals surface area contributed by atoms with Gasteiger partial charge in [0.25, 0.3) is 0 Å². The summed E-state index contributed by atoms with van der Waals surface area (Å²) in [7, 11) is 6.86. The summed E-state index contributed by atoms with van der Waals surface area (Å²) in [4.78, 5) is 70.3. The van der Waals surface area contributed by atoms with Crippen molar-refractivity contribution in [3.8, 4) is 17.6 Å². The number of carbonyl (C=O) groups is 5. The lowest BCUT2D eigenvalue weighted by molar-refractivity contribution is -0.181. The molecule has 2 saturated carbocycles. The van der Waals surface area contributed by atoms with Gasteiger partial charge < -0.3 is 15.9 Å². The molecule has 3 aliphatic carbocycles. The normalized spacial score (nSPS) is 30.0. The number of nitrogens with two attached hydrogens (primary N) is 1. The molecule has 0 spiro atoms. The highest BCUT2D eigenvalue weighted by Crippen LogP contribution is 2.52. The molecular weight excluding hydrogens is 514 g/mol. The summed E-state index contributed by atoms with van der Waals surface area (Å²) >= 11 is 0. The first-order chi connectivity index (χ1) is 18.4. The number of rotatable bonds is 3. The number of ketones is 4. The van der Waals surface area contributed by atoms with E-state index in [-0.39, 0.29) is 24.2 Å². The fraction of sp³-hybridized carbons (Fsp3) is 0.567. The van der Waals surface area contributed by atoms with Crippen molar-refractivity contribution in [1.82, 2.24) is 9.80 Å². The molecule has 0 bridgehead atoms. The second-order valence-corrected chi connectivity index (χ2v) is 12.8. The molecule has 1 aromatic rings. The van der Waals surface area contributed by atoms with E-state index in [0.717, 1.165) is 0 Å². The lowest BCUT2D eigenvalue weighted by Gasteiger charge is -2.52. The van der Waals surface area contributed by atoms with Gasteiger partial charge in [-0.15, -0.1) is 0 Å². The van der Waals surface area contributed by atoms with Crippen LogP contribution in [-0.4, -0.2) is 95.4 Å². The third kappa shape index (κ3) is 4.37. The lowest BCUT2D eigenvalue weighted by atomic mass is 9.52.